The summed E-state index contributed by atoms with van der Waals surface area (Å²) in [6.07, 6.45) is 0.510. The Balaban J connectivity index is 1.76. The van der Waals surface area contributed by atoms with Crippen LogP contribution < -0.4 is 10.6 Å². The summed E-state index contributed by atoms with van der Waals surface area (Å²) in [6.45, 7) is 2.68. The summed E-state index contributed by atoms with van der Waals surface area (Å²) >= 11 is 0. The zero-order chi connectivity index (χ0) is 13.9. The highest BCUT2D eigenvalue weighted by atomic mass is 16.1. The number of benzene rings is 1. The van der Waals surface area contributed by atoms with Crippen molar-refractivity contribution >= 4 is 17.4 Å². The fraction of sp³-hybridized carbons (Fsp3) is 0.250. The molecule has 2 heterocycles. The molecule has 1 amide bonds. The van der Waals surface area contributed by atoms with E-state index in [2.05, 4.69) is 21.7 Å². The maximum atomic E-state index is 11.7. The van der Waals surface area contributed by atoms with Gasteiger partial charge < -0.3 is 10.6 Å². The molecular formula is C16H17N3O. The lowest BCUT2D eigenvalue weighted by Gasteiger charge is -2.25. The highest BCUT2D eigenvalue weighted by Gasteiger charge is 2.24. The number of hydrogen-bond donors (Lipinski definition) is 2. The molecule has 2 aromatic rings. The highest BCUT2D eigenvalue weighted by molar-refractivity contribution is 5.94. The largest absolute Gasteiger partial charge is 0.369 e. The van der Waals surface area contributed by atoms with Crippen LogP contribution in [0.3, 0.4) is 0 Å². The zero-order valence-corrected chi connectivity index (χ0v) is 11.4. The average Bonchev–Trinajstić information content (AvgIpc) is 2.44. The average molecular weight is 267 g/mol. The van der Waals surface area contributed by atoms with Gasteiger partial charge in [0.2, 0.25) is 5.91 Å². The Morgan fingerprint density at radius 3 is 2.95 bits per heavy atom. The lowest BCUT2D eigenvalue weighted by atomic mass is 9.90. The lowest BCUT2D eigenvalue weighted by Crippen LogP contribution is -2.26. The molecule has 0 saturated carbocycles. The first-order valence-electron chi connectivity index (χ1n) is 6.78. The molecule has 1 aromatic heterocycles. The predicted molar refractivity (Wildman–Crippen MR) is 79.9 cm³/mol. The summed E-state index contributed by atoms with van der Waals surface area (Å²) in [5.74, 6) is 1.11. The second kappa shape index (κ2) is 5.33. The van der Waals surface area contributed by atoms with Crippen LogP contribution in [0.15, 0.2) is 42.5 Å². The third kappa shape index (κ3) is 2.64. The molecule has 20 heavy (non-hydrogen) atoms. The van der Waals surface area contributed by atoms with Gasteiger partial charge in [-0.2, -0.15) is 0 Å². The predicted octanol–water partition coefficient (Wildman–Crippen LogP) is 2.93. The summed E-state index contributed by atoms with van der Waals surface area (Å²) in [7, 11) is 0. The van der Waals surface area contributed by atoms with Gasteiger partial charge in [0, 0.05) is 30.3 Å². The SMILES string of the molecule is Cc1cccc(NCC2CC(=O)Nc3ccccc32)n1. The number of carbonyl (C=O) groups is 1. The Hall–Kier alpha value is -2.36. The second-order valence-corrected chi connectivity index (χ2v) is 5.08. The Kier molecular flexibility index (Phi) is 3.37. The van der Waals surface area contributed by atoms with Crippen LogP contribution in [0, 0.1) is 6.92 Å². The number of aryl methyl sites for hydroxylation is 1. The molecule has 4 heteroatoms. The van der Waals surface area contributed by atoms with E-state index >= 15 is 0 Å². The number of nitrogens with zero attached hydrogens (tertiary/aromatic N) is 1. The van der Waals surface area contributed by atoms with Crippen LogP contribution in [-0.4, -0.2) is 17.4 Å². The first-order valence-corrected chi connectivity index (χ1v) is 6.78. The number of aromatic nitrogens is 1. The van der Waals surface area contributed by atoms with Gasteiger partial charge in [-0.1, -0.05) is 24.3 Å². The number of nitrogens with one attached hydrogen (secondary N) is 2. The van der Waals surface area contributed by atoms with Crippen molar-refractivity contribution in [2.45, 2.75) is 19.3 Å². The molecule has 1 unspecified atom stereocenters. The smallest absolute Gasteiger partial charge is 0.225 e. The van der Waals surface area contributed by atoms with E-state index in [1.165, 1.54) is 5.56 Å². The van der Waals surface area contributed by atoms with Gasteiger partial charge in [0.1, 0.15) is 5.82 Å². The van der Waals surface area contributed by atoms with E-state index in [1.807, 2.05) is 43.3 Å². The first-order chi connectivity index (χ1) is 9.72. The summed E-state index contributed by atoms with van der Waals surface area (Å²) < 4.78 is 0. The van der Waals surface area contributed by atoms with Gasteiger partial charge in [-0.05, 0) is 30.7 Å². The van der Waals surface area contributed by atoms with Crippen LogP contribution in [-0.2, 0) is 4.79 Å². The maximum Gasteiger partial charge on any atom is 0.225 e. The quantitative estimate of drug-likeness (QED) is 0.899. The van der Waals surface area contributed by atoms with Crippen LogP contribution in [0.4, 0.5) is 11.5 Å². The molecule has 1 aromatic carbocycles. The number of carbonyl (C=O) groups excluding carboxylic acids is 1. The summed E-state index contributed by atoms with van der Waals surface area (Å²) in [5, 5.41) is 6.24. The van der Waals surface area contributed by atoms with Crippen molar-refractivity contribution in [1.82, 2.24) is 4.98 Å². The second-order valence-electron chi connectivity index (χ2n) is 5.08. The van der Waals surface area contributed by atoms with Crippen LogP contribution in [0.5, 0.6) is 0 Å². The van der Waals surface area contributed by atoms with E-state index in [0.717, 1.165) is 17.2 Å². The molecule has 2 N–H and O–H groups in total. The molecule has 0 aliphatic carbocycles. The number of fused-ring (bicyclic) bond motifs is 1. The molecule has 1 aliphatic rings. The minimum absolute atomic E-state index is 0.0766. The molecule has 0 spiro atoms. The Morgan fingerprint density at radius 1 is 1.25 bits per heavy atom. The van der Waals surface area contributed by atoms with E-state index < -0.39 is 0 Å². The first kappa shape index (κ1) is 12.7. The van der Waals surface area contributed by atoms with E-state index in [1.54, 1.807) is 0 Å². The van der Waals surface area contributed by atoms with Gasteiger partial charge in [-0.15, -0.1) is 0 Å². The monoisotopic (exact) mass is 267 g/mol. The fourth-order valence-electron chi connectivity index (χ4n) is 2.55. The molecule has 102 valence electrons. The Morgan fingerprint density at radius 2 is 2.10 bits per heavy atom. The number of anilines is 2. The van der Waals surface area contributed by atoms with Gasteiger partial charge in [-0.25, -0.2) is 4.98 Å². The van der Waals surface area contributed by atoms with Crippen LogP contribution in [0.2, 0.25) is 0 Å². The third-order valence-corrected chi connectivity index (χ3v) is 3.52. The minimum atomic E-state index is 0.0766. The number of rotatable bonds is 3. The van der Waals surface area contributed by atoms with E-state index in [9.17, 15) is 4.79 Å². The van der Waals surface area contributed by atoms with Crippen LogP contribution in [0.25, 0.3) is 0 Å². The molecule has 0 radical (unpaired) electrons. The third-order valence-electron chi connectivity index (χ3n) is 3.52. The highest BCUT2D eigenvalue weighted by Crippen LogP contribution is 2.31. The van der Waals surface area contributed by atoms with Crippen LogP contribution in [0.1, 0.15) is 23.6 Å². The fourth-order valence-corrected chi connectivity index (χ4v) is 2.55. The summed E-state index contributed by atoms with van der Waals surface area (Å²) in [6, 6.07) is 13.9. The zero-order valence-electron chi connectivity index (χ0n) is 11.4. The van der Waals surface area contributed by atoms with E-state index in [0.29, 0.717) is 13.0 Å². The van der Waals surface area contributed by atoms with Gasteiger partial charge in [0.05, 0.1) is 0 Å². The summed E-state index contributed by atoms with van der Waals surface area (Å²) in [5.41, 5.74) is 3.09. The van der Waals surface area contributed by atoms with E-state index in [-0.39, 0.29) is 11.8 Å². The molecule has 0 bridgehead atoms. The Bertz CT molecular complexity index is 639. The Labute approximate surface area is 118 Å². The molecule has 0 saturated heterocycles. The molecule has 4 nitrogen and oxygen atoms in total. The van der Waals surface area contributed by atoms with Crippen molar-refractivity contribution in [3.05, 3.63) is 53.7 Å². The van der Waals surface area contributed by atoms with Crippen molar-refractivity contribution in [1.29, 1.82) is 0 Å². The molecule has 0 fully saturated rings. The van der Waals surface area contributed by atoms with Gasteiger partial charge in [-0.3, -0.25) is 4.79 Å². The van der Waals surface area contributed by atoms with Gasteiger partial charge in [0.25, 0.3) is 0 Å². The number of para-hydroxylation sites is 1. The van der Waals surface area contributed by atoms with Crippen molar-refractivity contribution in [2.24, 2.45) is 0 Å². The van der Waals surface area contributed by atoms with Gasteiger partial charge in [0.15, 0.2) is 0 Å². The number of pyridine rings is 1. The number of hydrogen-bond acceptors (Lipinski definition) is 3. The normalized spacial score (nSPS) is 17.2. The topological polar surface area (TPSA) is 54.0 Å². The van der Waals surface area contributed by atoms with Crippen molar-refractivity contribution in [3.63, 3.8) is 0 Å². The molecular weight excluding hydrogens is 250 g/mol. The van der Waals surface area contributed by atoms with Crippen molar-refractivity contribution in [3.8, 4) is 0 Å². The van der Waals surface area contributed by atoms with Crippen molar-refractivity contribution < 1.29 is 4.79 Å². The van der Waals surface area contributed by atoms with Gasteiger partial charge >= 0.3 is 0 Å². The van der Waals surface area contributed by atoms with Crippen molar-refractivity contribution in [2.75, 3.05) is 17.2 Å². The van der Waals surface area contributed by atoms with E-state index in [4.69, 9.17) is 0 Å². The maximum absolute atomic E-state index is 11.7. The lowest BCUT2D eigenvalue weighted by molar-refractivity contribution is -0.116. The molecule has 1 aliphatic heterocycles. The standard InChI is InChI=1S/C16H17N3O/c1-11-5-4-8-15(18-11)17-10-12-9-16(20)19-14-7-3-2-6-13(12)14/h2-8,12H,9-10H2,1H3,(H,17,18)(H,19,20). The molecule has 1 atom stereocenters. The number of amides is 1. The minimum Gasteiger partial charge on any atom is -0.369 e. The molecule has 3 rings (SSSR count). The summed E-state index contributed by atoms with van der Waals surface area (Å²) in [4.78, 5) is 16.2. The van der Waals surface area contributed by atoms with Crippen LogP contribution >= 0.6 is 0 Å².